The quantitative estimate of drug-likeness (QED) is 0.347. The van der Waals surface area contributed by atoms with E-state index in [9.17, 15) is 4.79 Å². The second-order valence-electron chi connectivity index (χ2n) is 10.3. The zero-order valence-electron chi connectivity index (χ0n) is 19.5. The number of hydrogen-bond acceptors (Lipinski definition) is 2. The Bertz CT molecular complexity index is 428. The molecule has 3 rings (SSSR count). The minimum Gasteiger partial charge on any atom is -0.312 e. The molecule has 2 nitrogen and oxygen atoms in total. The van der Waals surface area contributed by atoms with E-state index in [2.05, 4.69) is 13.8 Å². The molecule has 3 heteroatoms. The number of rotatable bonds is 9. The molecule has 3 fully saturated rings. The van der Waals surface area contributed by atoms with Crippen molar-refractivity contribution >= 4 is 13.5 Å². The van der Waals surface area contributed by atoms with Crippen molar-refractivity contribution in [3.05, 3.63) is 0 Å². The zero-order chi connectivity index (χ0) is 20.5. The van der Waals surface area contributed by atoms with Crippen molar-refractivity contribution in [2.75, 3.05) is 0 Å². The molecule has 0 N–H and O–H groups in total. The van der Waals surface area contributed by atoms with Crippen LogP contribution < -0.4 is 0 Å². The van der Waals surface area contributed by atoms with Crippen LogP contribution in [0.15, 0.2) is 0 Å². The summed E-state index contributed by atoms with van der Waals surface area (Å²) in [7, 11) is -1.73. The van der Waals surface area contributed by atoms with Crippen LogP contribution in [-0.4, -0.2) is 22.9 Å². The summed E-state index contributed by atoms with van der Waals surface area (Å²) in [6.07, 6.45) is 24.8. The summed E-state index contributed by atoms with van der Waals surface area (Å²) in [6, 6.07) is 0. The lowest BCUT2D eigenvalue weighted by atomic mass is 9.99. The van der Waals surface area contributed by atoms with E-state index >= 15 is 0 Å². The van der Waals surface area contributed by atoms with Crippen LogP contribution in [0.25, 0.3) is 0 Å². The van der Waals surface area contributed by atoms with Crippen LogP contribution in [-0.2, 0) is 9.32 Å². The van der Waals surface area contributed by atoms with Crippen LogP contribution in [0.3, 0.4) is 0 Å². The highest BCUT2D eigenvalue weighted by Crippen LogP contribution is 2.78. The van der Waals surface area contributed by atoms with E-state index in [1.54, 1.807) is 0 Å². The molecule has 0 saturated heterocycles. The third-order valence-electron chi connectivity index (χ3n) is 8.42. The van der Waals surface area contributed by atoms with E-state index in [0.29, 0.717) is 0 Å². The Morgan fingerprint density at radius 3 is 1.52 bits per heavy atom. The van der Waals surface area contributed by atoms with Gasteiger partial charge < -0.3 is 4.52 Å². The lowest BCUT2D eigenvalue weighted by molar-refractivity contribution is -0.139. The van der Waals surface area contributed by atoms with Crippen LogP contribution in [0.1, 0.15) is 136 Å². The fourth-order valence-corrected chi connectivity index (χ4v) is 13.0. The molecule has 3 aliphatic carbocycles. The predicted octanol–water partition coefficient (Wildman–Crippen LogP) is 8.68. The molecule has 168 valence electrons. The molecule has 29 heavy (non-hydrogen) atoms. The lowest BCUT2D eigenvalue weighted by Gasteiger charge is -2.46. The third kappa shape index (κ3) is 5.78. The summed E-state index contributed by atoms with van der Waals surface area (Å²) in [5.74, 6) is 0.362. The molecule has 0 aromatic heterocycles. The lowest BCUT2D eigenvalue weighted by Crippen LogP contribution is -2.39. The topological polar surface area (TPSA) is 26.3 Å². The molecule has 0 aromatic rings. The van der Waals surface area contributed by atoms with Crippen LogP contribution in [0.2, 0.25) is 0 Å². The Morgan fingerprint density at radius 1 is 0.759 bits per heavy atom. The third-order valence-corrected chi connectivity index (χ3v) is 13.9. The maximum atomic E-state index is 13.6. The molecule has 3 aliphatic rings. The highest BCUT2D eigenvalue weighted by molar-refractivity contribution is 7.73. The van der Waals surface area contributed by atoms with Gasteiger partial charge in [-0.25, -0.2) is 4.79 Å². The van der Waals surface area contributed by atoms with E-state index < -0.39 is 7.49 Å². The second-order valence-corrected chi connectivity index (χ2v) is 14.2. The minimum atomic E-state index is -1.73. The SMILES string of the molecule is CCCCC(CC)C(=O)O[P+](C1CCCCC1)(C1CCCCC1)C1CCCCC1. The van der Waals surface area contributed by atoms with Gasteiger partial charge in [0.15, 0.2) is 0 Å². The molecule has 0 bridgehead atoms. The number of carbonyl (C=O) groups excluding carboxylic acids is 1. The molecule has 0 aromatic carbocycles. The number of hydrogen-bond donors (Lipinski definition) is 0. The van der Waals surface area contributed by atoms with Crippen molar-refractivity contribution in [1.82, 2.24) is 0 Å². The van der Waals surface area contributed by atoms with Crippen LogP contribution in [0, 0.1) is 5.92 Å². The second kappa shape index (κ2) is 12.1. The maximum Gasteiger partial charge on any atom is 0.352 e. The normalized spacial score (nSPS) is 24.3. The average Bonchev–Trinajstić information content (AvgIpc) is 2.80. The van der Waals surface area contributed by atoms with Crippen molar-refractivity contribution in [2.45, 2.75) is 153 Å². The summed E-state index contributed by atoms with van der Waals surface area (Å²) < 4.78 is 7.08. The van der Waals surface area contributed by atoms with Gasteiger partial charge in [0.1, 0.15) is 17.0 Å². The summed E-state index contributed by atoms with van der Waals surface area (Å²) in [5, 5.41) is 0. The molecular weight excluding hydrogens is 375 g/mol. The first-order chi connectivity index (χ1) is 14.2. The molecule has 0 amide bonds. The van der Waals surface area contributed by atoms with Crippen molar-refractivity contribution in [3.63, 3.8) is 0 Å². The largest absolute Gasteiger partial charge is 0.352 e. The molecule has 0 aliphatic heterocycles. The van der Waals surface area contributed by atoms with E-state index in [0.717, 1.165) is 36.2 Å². The van der Waals surface area contributed by atoms with Crippen LogP contribution >= 0.6 is 7.49 Å². The average molecular weight is 424 g/mol. The molecule has 1 unspecified atom stereocenters. The van der Waals surface area contributed by atoms with E-state index in [4.69, 9.17) is 4.52 Å². The van der Waals surface area contributed by atoms with Crippen LogP contribution in [0.4, 0.5) is 0 Å². The molecule has 0 spiro atoms. The monoisotopic (exact) mass is 423 g/mol. The van der Waals surface area contributed by atoms with Gasteiger partial charge in [-0.05, 0) is 89.9 Å². The van der Waals surface area contributed by atoms with E-state index in [1.165, 1.54) is 103 Å². The van der Waals surface area contributed by atoms with Crippen molar-refractivity contribution in [3.8, 4) is 0 Å². The summed E-state index contributed by atoms with van der Waals surface area (Å²) in [5.41, 5.74) is 2.19. The molecular formula is C26H48O2P+. The Labute approximate surface area is 181 Å². The Morgan fingerprint density at radius 2 is 1.17 bits per heavy atom. The van der Waals surface area contributed by atoms with E-state index in [-0.39, 0.29) is 11.9 Å². The maximum absolute atomic E-state index is 13.6. The molecule has 0 radical (unpaired) electrons. The highest BCUT2D eigenvalue weighted by Gasteiger charge is 2.61. The Kier molecular flexibility index (Phi) is 9.81. The Hall–Kier alpha value is -0.100. The first-order valence-electron chi connectivity index (χ1n) is 13.3. The number of carbonyl (C=O) groups is 1. The fourth-order valence-electron chi connectivity index (χ4n) is 6.74. The first-order valence-corrected chi connectivity index (χ1v) is 15.2. The van der Waals surface area contributed by atoms with Gasteiger partial charge in [-0.2, -0.15) is 0 Å². The van der Waals surface area contributed by atoms with Gasteiger partial charge in [-0.3, -0.25) is 0 Å². The first kappa shape index (κ1) is 23.6. The van der Waals surface area contributed by atoms with Gasteiger partial charge >= 0.3 is 5.97 Å². The van der Waals surface area contributed by atoms with Gasteiger partial charge in [0.2, 0.25) is 7.49 Å². The minimum absolute atomic E-state index is 0.144. The summed E-state index contributed by atoms with van der Waals surface area (Å²) >= 11 is 0. The molecule has 3 saturated carbocycles. The fraction of sp³-hybridized carbons (Fsp3) is 0.962. The van der Waals surface area contributed by atoms with Gasteiger partial charge in [-0.1, -0.05) is 46.0 Å². The predicted molar refractivity (Wildman–Crippen MR) is 127 cm³/mol. The summed E-state index contributed by atoms with van der Waals surface area (Å²) in [6.45, 7) is 4.44. The molecule has 1 atom stereocenters. The van der Waals surface area contributed by atoms with Crippen molar-refractivity contribution < 1.29 is 9.32 Å². The summed E-state index contributed by atoms with van der Waals surface area (Å²) in [4.78, 5) is 13.6. The van der Waals surface area contributed by atoms with Crippen LogP contribution in [0.5, 0.6) is 0 Å². The molecule has 0 heterocycles. The van der Waals surface area contributed by atoms with Gasteiger partial charge in [-0.15, -0.1) is 0 Å². The number of unbranched alkanes of at least 4 members (excludes halogenated alkanes) is 1. The van der Waals surface area contributed by atoms with Gasteiger partial charge in [0, 0.05) is 0 Å². The van der Waals surface area contributed by atoms with Gasteiger partial charge in [0.25, 0.3) is 0 Å². The highest BCUT2D eigenvalue weighted by atomic mass is 31.2. The van der Waals surface area contributed by atoms with Crippen molar-refractivity contribution in [1.29, 1.82) is 0 Å². The zero-order valence-corrected chi connectivity index (χ0v) is 20.4. The standard InChI is InChI=1S/C26H48O2P/c1-3-5-15-22(4-2)26(27)28-29(23-16-9-6-10-17-23,24-18-11-7-12-19-24)25-20-13-8-14-21-25/h22-25H,3-21H2,1-2H3/q+1. The smallest absolute Gasteiger partial charge is 0.312 e. The van der Waals surface area contributed by atoms with E-state index in [1.807, 2.05) is 0 Å². The van der Waals surface area contributed by atoms with Gasteiger partial charge in [0.05, 0.1) is 5.92 Å². The van der Waals surface area contributed by atoms with Crippen molar-refractivity contribution in [2.24, 2.45) is 5.92 Å². The Balaban J connectivity index is 1.91.